The summed E-state index contributed by atoms with van der Waals surface area (Å²) in [6.07, 6.45) is 3.16. The lowest BCUT2D eigenvalue weighted by Crippen LogP contribution is -2.38. The Bertz CT molecular complexity index is 783. The Labute approximate surface area is 131 Å². The summed E-state index contributed by atoms with van der Waals surface area (Å²) >= 11 is 0. The first-order valence-corrected chi connectivity index (χ1v) is 10.5. The summed E-state index contributed by atoms with van der Waals surface area (Å²) in [7, 11) is -6.94. The van der Waals surface area contributed by atoms with Crippen molar-refractivity contribution in [2.45, 2.75) is 43.5 Å². The van der Waals surface area contributed by atoms with Crippen LogP contribution in [0.2, 0.25) is 0 Å². The van der Waals surface area contributed by atoms with Gasteiger partial charge in [0, 0.05) is 12.6 Å². The third kappa shape index (κ3) is 3.13. The van der Waals surface area contributed by atoms with Crippen LogP contribution in [-0.4, -0.2) is 35.2 Å². The summed E-state index contributed by atoms with van der Waals surface area (Å²) in [6, 6.07) is 4.84. The maximum absolute atomic E-state index is 12.4. The molecule has 1 aliphatic carbocycles. The number of rotatable bonds is 4. The van der Waals surface area contributed by atoms with Gasteiger partial charge in [0.15, 0.2) is 0 Å². The van der Waals surface area contributed by atoms with Crippen molar-refractivity contribution in [3.63, 3.8) is 0 Å². The van der Waals surface area contributed by atoms with E-state index in [1.54, 1.807) is 19.1 Å². The average Bonchev–Trinajstić information content (AvgIpc) is 3.22. The van der Waals surface area contributed by atoms with E-state index in [9.17, 15) is 16.8 Å². The standard InChI is InChI=1S/C14H20N2O4S2/c1-11-4-7-13(16-8-2-3-9-21(16,17)18)10-14(11)22(19,20)15-12-5-6-12/h4,7,10,12,15H,2-3,5-6,8-9H2,1H3. The van der Waals surface area contributed by atoms with Gasteiger partial charge in [0.2, 0.25) is 20.0 Å². The minimum absolute atomic E-state index is 0.0202. The van der Waals surface area contributed by atoms with Crippen molar-refractivity contribution < 1.29 is 16.8 Å². The molecule has 1 aromatic rings. The topological polar surface area (TPSA) is 83.6 Å². The van der Waals surface area contributed by atoms with Crippen molar-refractivity contribution in [2.75, 3.05) is 16.6 Å². The molecule has 0 spiro atoms. The second-order valence-corrected chi connectivity index (χ2v) is 9.64. The van der Waals surface area contributed by atoms with Crippen molar-refractivity contribution in [2.24, 2.45) is 0 Å². The van der Waals surface area contributed by atoms with Crippen molar-refractivity contribution >= 4 is 25.7 Å². The van der Waals surface area contributed by atoms with E-state index in [1.807, 2.05) is 0 Å². The summed E-state index contributed by atoms with van der Waals surface area (Å²) in [5.74, 6) is 0.114. The fourth-order valence-electron chi connectivity index (χ4n) is 2.60. The van der Waals surface area contributed by atoms with E-state index >= 15 is 0 Å². The van der Waals surface area contributed by atoms with E-state index < -0.39 is 20.0 Å². The first-order valence-electron chi connectivity index (χ1n) is 7.43. The van der Waals surface area contributed by atoms with E-state index in [1.165, 1.54) is 10.4 Å². The first kappa shape index (κ1) is 15.8. The summed E-state index contributed by atoms with van der Waals surface area (Å²) in [4.78, 5) is 0.165. The third-order valence-corrected chi connectivity index (χ3v) is 7.53. The highest BCUT2D eigenvalue weighted by atomic mass is 32.2. The second kappa shape index (κ2) is 5.50. The number of hydrogen-bond acceptors (Lipinski definition) is 4. The van der Waals surface area contributed by atoms with Gasteiger partial charge < -0.3 is 0 Å². The van der Waals surface area contributed by atoms with Gasteiger partial charge >= 0.3 is 0 Å². The molecule has 1 saturated carbocycles. The molecule has 1 N–H and O–H groups in total. The highest BCUT2D eigenvalue weighted by Crippen LogP contribution is 2.29. The van der Waals surface area contributed by atoms with Crippen LogP contribution in [0.25, 0.3) is 0 Å². The van der Waals surface area contributed by atoms with Crippen molar-refractivity contribution in [3.05, 3.63) is 23.8 Å². The lowest BCUT2D eigenvalue weighted by molar-refractivity contribution is 0.572. The molecule has 122 valence electrons. The van der Waals surface area contributed by atoms with Crippen LogP contribution in [0.1, 0.15) is 31.2 Å². The lowest BCUT2D eigenvalue weighted by atomic mass is 10.2. The largest absolute Gasteiger partial charge is 0.270 e. The summed E-state index contributed by atoms with van der Waals surface area (Å²) in [6.45, 7) is 2.12. The number of benzene rings is 1. The molecule has 2 fully saturated rings. The zero-order valence-corrected chi connectivity index (χ0v) is 14.1. The molecule has 6 nitrogen and oxygen atoms in total. The number of nitrogens with one attached hydrogen (secondary N) is 1. The molecule has 0 radical (unpaired) electrons. The van der Waals surface area contributed by atoms with Crippen molar-refractivity contribution in [3.8, 4) is 0 Å². The third-order valence-electron chi connectivity index (χ3n) is 4.00. The molecule has 1 saturated heterocycles. The normalized spacial score (nSPS) is 21.8. The number of nitrogens with zero attached hydrogens (tertiary/aromatic N) is 1. The van der Waals surface area contributed by atoms with Gasteiger partial charge in [-0.2, -0.15) is 0 Å². The van der Waals surface area contributed by atoms with Gasteiger partial charge in [-0.05, 0) is 50.3 Å². The highest BCUT2D eigenvalue weighted by molar-refractivity contribution is 7.92. The smallest absolute Gasteiger partial charge is 0.241 e. The summed E-state index contributed by atoms with van der Waals surface area (Å²) in [5, 5.41) is 0. The van der Waals surface area contributed by atoms with Gasteiger partial charge in [-0.15, -0.1) is 0 Å². The molecule has 0 amide bonds. The number of aryl methyl sites for hydroxylation is 1. The molecule has 0 aromatic heterocycles. The maximum atomic E-state index is 12.4. The average molecular weight is 344 g/mol. The van der Waals surface area contributed by atoms with E-state index in [4.69, 9.17) is 0 Å². The van der Waals surface area contributed by atoms with Crippen LogP contribution in [0.4, 0.5) is 5.69 Å². The quantitative estimate of drug-likeness (QED) is 0.894. The molecule has 3 rings (SSSR count). The fourth-order valence-corrected chi connectivity index (χ4v) is 5.80. The Morgan fingerprint density at radius 3 is 2.59 bits per heavy atom. The lowest BCUT2D eigenvalue weighted by Gasteiger charge is -2.28. The molecule has 1 heterocycles. The van der Waals surface area contributed by atoms with E-state index in [-0.39, 0.29) is 16.7 Å². The molecular weight excluding hydrogens is 324 g/mol. The maximum Gasteiger partial charge on any atom is 0.241 e. The minimum atomic E-state index is -3.60. The van der Waals surface area contributed by atoms with Crippen molar-refractivity contribution in [1.82, 2.24) is 4.72 Å². The minimum Gasteiger partial charge on any atom is -0.270 e. The van der Waals surface area contributed by atoms with Gasteiger partial charge in [-0.3, -0.25) is 4.31 Å². The Balaban J connectivity index is 1.99. The first-order chi connectivity index (χ1) is 10.3. The van der Waals surface area contributed by atoms with Gasteiger partial charge in [0.05, 0.1) is 16.3 Å². The number of hydrogen-bond donors (Lipinski definition) is 1. The Morgan fingerprint density at radius 1 is 1.23 bits per heavy atom. The highest BCUT2D eigenvalue weighted by Gasteiger charge is 2.31. The van der Waals surface area contributed by atoms with Crippen LogP contribution in [0.3, 0.4) is 0 Å². The molecule has 1 aromatic carbocycles. The fraction of sp³-hybridized carbons (Fsp3) is 0.571. The van der Waals surface area contributed by atoms with Gasteiger partial charge in [-0.25, -0.2) is 21.6 Å². The molecular formula is C14H20N2O4S2. The van der Waals surface area contributed by atoms with Crippen LogP contribution in [0.5, 0.6) is 0 Å². The zero-order chi connectivity index (χ0) is 16.0. The van der Waals surface area contributed by atoms with Gasteiger partial charge in [-0.1, -0.05) is 6.07 Å². The molecule has 2 aliphatic rings. The Morgan fingerprint density at radius 2 is 1.95 bits per heavy atom. The second-order valence-electron chi connectivity index (χ2n) is 5.94. The van der Waals surface area contributed by atoms with Crippen LogP contribution in [0.15, 0.2) is 23.1 Å². The van der Waals surface area contributed by atoms with Crippen LogP contribution >= 0.6 is 0 Å². The summed E-state index contributed by atoms with van der Waals surface area (Å²) in [5.41, 5.74) is 1.05. The molecule has 0 unspecified atom stereocenters. The van der Waals surface area contributed by atoms with Crippen LogP contribution in [-0.2, 0) is 20.0 Å². The predicted molar refractivity (Wildman–Crippen MR) is 84.9 cm³/mol. The molecule has 0 bridgehead atoms. The van der Waals surface area contributed by atoms with Crippen LogP contribution in [0, 0.1) is 6.92 Å². The van der Waals surface area contributed by atoms with Crippen LogP contribution < -0.4 is 9.03 Å². The molecule has 8 heteroatoms. The van der Waals surface area contributed by atoms with E-state index in [2.05, 4.69) is 4.72 Å². The molecule has 22 heavy (non-hydrogen) atoms. The molecule has 0 atom stereocenters. The number of anilines is 1. The monoisotopic (exact) mass is 344 g/mol. The SMILES string of the molecule is Cc1ccc(N2CCCCS2(=O)=O)cc1S(=O)(=O)NC1CC1. The van der Waals surface area contributed by atoms with E-state index in [0.29, 0.717) is 24.2 Å². The Kier molecular flexibility index (Phi) is 3.94. The van der Waals surface area contributed by atoms with Crippen molar-refractivity contribution in [1.29, 1.82) is 0 Å². The predicted octanol–water partition coefficient (Wildman–Crippen LogP) is 1.37. The van der Waals surface area contributed by atoms with Gasteiger partial charge in [0.25, 0.3) is 0 Å². The van der Waals surface area contributed by atoms with Gasteiger partial charge in [0.1, 0.15) is 0 Å². The van der Waals surface area contributed by atoms with E-state index in [0.717, 1.165) is 19.3 Å². The summed E-state index contributed by atoms with van der Waals surface area (Å²) < 4.78 is 53.2. The number of sulfonamides is 2. The Hall–Kier alpha value is -1.12. The zero-order valence-electron chi connectivity index (χ0n) is 12.4. The molecule has 1 aliphatic heterocycles.